The number of carbonyl (C=O) groups is 1. The van der Waals surface area contributed by atoms with Crippen LogP contribution in [0.5, 0.6) is 0 Å². The zero-order valence-electron chi connectivity index (χ0n) is 9.96. The molecule has 0 atom stereocenters. The lowest BCUT2D eigenvalue weighted by atomic mass is 9.99. The summed E-state index contributed by atoms with van der Waals surface area (Å²) < 4.78 is 0. The van der Waals surface area contributed by atoms with Gasteiger partial charge in [0, 0.05) is 18.7 Å². The number of fused-ring (bicyclic) bond motifs is 1. The Morgan fingerprint density at radius 1 is 1.41 bits per heavy atom. The molecule has 0 bridgehead atoms. The average molecular weight is 230 g/mol. The van der Waals surface area contributed by atoms with E-state index in [4.69, 9.17) is 0 Å². The summed E-state index contributed by atoms with van der Waals surface area (Å²) in [6, 6.07) is 6.21. The first kappa shape index (κ1) is 10.8. The molecule has 1 aromatic carbocycles. The Morgan fingerprint density at radius 2 is 2.29 bits per heavy atom. The molecule has 1 aromatic rings. The Morgan fingerprint density at radius 3 is 3.12 bits per heavy atom. The molecule has 1 aliphatic heterocycles. The number of anilines is 1. The minimum Gasteiger partial charge on any atom is -0.326 e. The van der Waals surface area contributed by atoms with E-state index >= 15 is 0 Å². The van der Waals surface area contributed by atoms with Crippen LogP contribution < -0.4 is 10.6 Å². The van der Waals surface area contributed by atoms with Crippen molar-refractivity contribution in [3.05, 3.63) is 29.3 Å². The Kier molecular flexibility index (Phi) is 2.85. The van der Waals surface area contributed by atoms with E-state index < -0.39 is 0 Å². The van der Waals surface area contributed by atoms with Gasteiger partial charge in [0.15, 0.2) is 0 Å². The maximum absolute atomic E-state index is 11.8. The van der Waals surface area contributed by atoms with Crippen molar-refractivity contribution in [3.63, 3.8) is 0 Å². The highest BCUT2D eigenvalue weighted by atomic mass is 16.1. The van der Waals surface area contributed by atoms with Gasteiger partial charge in [-0.15, -0.1) is 0 Å². The van der Waals surface area contributed by atoms with Crippen molar-refractivity contribution < 1.29 is 4.79 Å². The summed E-state index contributed by atoms with van der Waals surface area (Å²) in [6.07, 6.45) is 4.20. The van der Waals surface area contributed by atoms with Crippen LogP contribution in [0, 0.1) is 5.92 Å². The lowest BCUT2D eigenvalue weighted by molar-refractivity contribution is -0.116. The molecule has 3 nitrogen and oxygen atoms in total. The lowest BCUT2D eigenvalue weighted by Gasteiger charge is -2.20. The zero-order chi connectivity index (χ0) is 11.7. The number of benzene rings is 1. The van der Waals surface area contributed by atoms with Crippen LogP contribution in [0.25, 0.3) is 0 Å². The average Bonchev–Trinajstić information content (AvgIpc) is 3.13. The number of hydrogen-bond acceptors (Lipinski definition) is 2. The number of nitrogens with one attached hydrogen (secondary N) is 2. The molecule has 1 fully saturated rings. The third-order valence-electron chi connectivity index (χ3n) is 3.59. The normalized spacial score (nSPS) is 18.6. The van der Waals surface area contributed by atoms with Crippen LogP contribution in [-0.4, -0.2) is 12.5 Å². The van der Waals surface area contributed by atoms with Crippen molar-refractivity contribution >= 4 is 11.6 Å². The third kappa shape index (κ3) is 2.50. The van der Waals surface area contributed by atoms with Gasteiger partial charge in [-0.1, -0.05) is 12.1 Å². The van der Waals surface area contributed by atoms with Crippen LogP contribution in [0.15, 0.2) is 18.2 Å². The Hall–Kier alpha value is -1.35. The quantitative estimate of drug-likeness (QED) is 0.834. The molecule has 0 spiro atoms. The van der Waals surface area contributed by atoms with Crippen molar-refractivity contribution in [1.29, 1.82) is 0 Å². The van der Waals surface area contributed by atoms with E-state index in [2.05, 4.69) is 16.7 Å². The summed E-state index contributed by atoms with van der Waals surface area (Å²) in [6.45, 7) is 1.90. The van der Waals surface area contributed by atoms with Gasteiger partial charge >= 0.3 is 0 Å². The van der Waals surface area contributed by atoms with Crippen LogP contribution in [0.3, 0.4) is 0 Å². The lowest BCUT2D eigenvalue weighted by Crippen LogP contribution is -2.25. The zero-order valence-corrected chi connectivity index (χ0v) is 9.96. The Balaban J connectivity index is 1.75. The van der Waals surface area contributed by atoms with Crippen LogP contribution in [0.4, 0.5) is 5.69 Å². The topological polar surface area (TPSA) is 41.1 Å². The fourth-order valence-electron chi connectivity index (χ4n) is 2.42. The van der Waals surface area contributed by atoms with Crippen molar-refractivity contribution in [3.8, 4) is 0 Å². The second kappa shape index (κ2) is 4.49. The third-order valence-corrected chi connectivity index (χ3v) is 3.59. The Labute approximate surface area is 102 Å². The molecule has 0 aromatic heterocycles. The number of rotatable bonds is 3. The standard InChI is InChI=1S/C14H18N2O/c17-14(8-10-4-5-10)16-13-3-1-2-11-6-7-15-9-12(11)13/h1-3,10,15H,4-9H2,(H,16,17). The molecule has 2 aliphatic rings. The smallest absolute Gasteiger partial charge is 0.224 e. The van der Waals surface area contributed by atoms with E-state index in [-0.39, 0.29) is 5.91 Å². The summed E-state index contributed by atoms with van der Waals surface area (Å²) in [7, 11) is 0. The van der Waals surface area contributed by atoms with Gasteiger partial charge in [-0.2, -0.15) is 0 Å². The Bertz CT molecular complexity index is 438. The van der Waals surface area contributed by atoms with Crippen LogP contribution in [-0.2, 0) is 17.8 Å². The summed E-state index contributed by atoms with van der Waals surface area (Å²) in [5.41, 5.74) is 3.64. The minimum absolute atomic E-state index is 0.173. The molecule has 1 saturated carbocycles. The minimum atomic E-state index is 0.173. The molecule has 1 amide bonds. The highest BCUT2D eigenvalue weighted by Crippen LogP contribution is 2.33. The fraction of sp³-hybridized carbons (Fsp3) is 0.500. The molecule has 1 aliphatic carbocycles. The predicted molar refractivity (Wildman–Crippen MR) is 67.8 cm³/mol. The maximum Gasteiger partial charge on any atom is 0.224 e. The molecule has 17 heavy (non-hydrogen) atoms. The van der Waals surface area contributed by atoms with Crippen molar-refractivity contribution in [2.24, 2.45) is 5.92 Å². The van der Waals surface area contributed by atoms with E-state index in [1.165, 1.54) is 24.0 Å². The molecule has 90 valence electrons. The van der Waals surface area contributed by atoms with Gasteiger partial charge in [-0.3, -0.25) is 4.79 Å². The van der Waals surface area contributed by atoms with Crippen molar-refractivity contribution in [2.45, 2.75) is 32.2 Å². The van der Waals surface area contributed by atoms with Gasteiger partial charge in [0.05, 0.1) is 0 Å². The summed E-state index contributed by atoms with van der Waals surface area (Å²) in [5, 5.41) is 6.42. The monoisotopic (exact) mass is 230 g/mol. The van der Waals surface area contributed by atoms with E-state index in [0.29, 0.717) is 12.3 Å². The van der Waals surface area contributed by atoms with Crippen molar-refractivity contribution in [1.82, 2.24) is 5.32 Å². The first-order chi connectivity index (χ1) is 8.33. The highest BCUT2D eigenvalue weighted by molar-refractivity contribution is 5.92. The van der Waals surface area contributed by atoms with Crippen molar-refractivity contribution in [2.75, 3.05) is 11.9 Å². The van der Waals surface area contributed by atoms with Gasteiger partial charge < -0.3 is 10.6 Å². The van der Waals surface area contributed by atoms with Crippen LogP contribution in [0.1, 0.15) is 30.4 Å². The molecule has 0 unspecified atom stereocenters. The van der Waals surface area contributed by atoms with Gasteiger partial charge in [-0.25, -0.2) is 0 Å². The second-order valence-electron chi connectivity index (χ2n) is 5.07. The molecule has 1 heterocycles. The van der Waals surface area contributed by atoms with Gasteiger partial charge in [0.1, 0.15) is 0 Å². The van der Waals surface area contributed by atoms with Gasteiger partial charge in [-0.05, 0) is 48.9 Å². The van der Waals surface area contributed by atoms with E-state index in [0.717, 1.165) is 25.2 Å². The van der Waals surface area contributed by atoms with E-state index in [9.17, 15) is 4.79 Å². The molecular formula is C14H18N2O. The molecule has 2 N–H and O–H groups in total. The highest BCUT2D eigenvalue weighted by Gasteiger charge is 2.24. The molecule has 0 saturated heterocycles. The first-order valence-corrected chi connectivity index (χ1v) is 6.44. The molecular weight excluding hydrogens is 212 g/mol. The summed E-state index contributed by atoms with van der Waals surface area (Å²) in [5.74, 6) is 0.819. The number of carbonyl (C=O) groups excluding carboxylic acids is 1. The first-order valence-electron chi connectivity index (χ1n) is 6.44. The maximum atomic E-state index is 11.8. The predicted octanol–water partition coefficient (Wildman–Crippen LogP) is 2.07. The summed E-state index contributed by atoms with van der Waals surface area (Å²) in [4.78, 5) is 11.8. The largest absolute Gasteiger partial charge is 0.326 e. The number of amides is 1. The number of hydrogen-bond donors (Lipinski definition) is 2. The van der Waals surface area contributed by atoms with Gasteiger partial charge in [0.2, 0.25) is 5.91 Å². The molecule has 3 heteroatoms. The molecule has 0 radical (unpaired) electrons. The van der Waals surface area contributed by atoms with Crippen LogP contribution >= 0.6 is 0 Å². The summed E-state index contributed by atoms with van der Waals surface area (Å²) >= 11 is 0. The molecule has 3 rings (SSSR count). The van der Waals surface area contributed by atoms with E-state index in [1.54, 1.807) is 0 Å². The fourth-order valence-corrected chi connectivity index (χ4v) is 2.42. The van der Waals surface area contributed by atoms with Crippen LogP contribution in [0.2, 0.25) is 0 Å². The van der Waals surface area contributed by atoms with E-state index in [1.807, 2.05) is 12.1 Å². The second-order valence-corrected chi connectivity index (χ2v) is 5.07. The van der Waals surface area contributed by atoms with Gasteiger partial charge in [0.25, 0.3) is 0 Å². The SMILES string of the molecule is O=C(CC1CC1)Nc1cccc2c1CNCC2.